The fourth-order valence-corrected chi connectivity index (χ4v) is 2.53. The molecule has 0 atom stereocenters. The number of aryl methyl sites for hydroxylation is 1. The van der Waals surface area contributed by atoms with Gasteiger partial charge in [-0.05, 0) is 36.6 Å². The lowest BCUT2D eigenvalue weighted by Crippen LogP contribution is -2.38. The Balaban J connectivity index is 1.66. The van der Waals surface area contributed by atoms with Gasteiger partial charge in [-0.15, -0.1) is 0 Å². The third-order valence-corrected chi connectivity index (χ3v) is 3.72. The Morgan fingerprint density at radius 3 is 2.77 bits per heavy atom. The Hall–Kier alpha value is -2.69. The van der Waals surface area contributed by atoms with E-state index in [1.807, 2.05) is 43.5 Å². The summed E-state index contributed by atoms with van der Waals surface area (Å²) in [5.41, 5.74) is 4.05. The molecule has 0 spiro atoms. The van der Waals surface area contributed by atoms with Crippen LogP contribution in [0.15, 0.2) is 48.9 Å². The van der Waals surface area contributed by atoms with Gasteiger partial charge in [-0.1, -0.05) is 24.3 Å². The zero-order valence-corrected chi connectivity index (χ0v) is 12.5. The van der Waals surface area contributed by atoms with Gasteiger partial charge in [0.25, 0.3) is 0 Å². The highest BCUT2D eigenvalue weighted by atomic mass is 16.2. The van der Waals surface area contributed by atoms with Gasteiger partial charge < -0.3 is 10.2 Å². The number of benzene rings is 1. The van der Waals surface area contributed by atoms with Gasteiger partial charge in [-0.3, -0.25) is 0 Å². The number of rotatable bonds is 2. The number of aromatic nitrogens is 2. The summed E-state index contributed by atoms with van der Waals surface area (Å²) in [5.74, 6) is 0. The van der Waals surface area contributed by atoms with Gasteiger partial charge in [0.15, 0.2) is 0 Å². The van der Waals surface area contributed by atoms with Crippen LogP contribution in [0.1, 0.15) is 17.7 Å². The first-order chi connectivity index (χ1) is 10.7. The number of amides is 2. The number of hydrogen-bond donors (Lipinski definition) is 1. The van der Waals surface area contributed by atoms with Crippen molar-refractivity contribution >= 4 is 17.3 Å². The summed E-state index contributed by atoms with van der Waals surface area (Å²) in [6, 6.07) is 9.43. The maximum Gasteiger partial charge on any atom is 0.322 e. The van der Waals surface area contributed by atoms with Crippen molar-refractivity contribution in [2.24, 2.45) is 0 Å². The molecule has 5 nitrogen and oxygen atoms in total. The second kappa shape index (κ2) is 6.39. The monoisotopic (exact) mass is 294 g/mol. The van der Waals surface area contributed by atoms with Crippen molar-refractivity contribution in [1.82, 2.24) is 14.9 Å². The maximum atomic E-state index is 12.2. The number of hydrogen-bond acceptors (Lipinski definition) is 3. The SMILES string of the molecule is Cc1cncnc1C1=CCN(C(=O)Nc2ccccc2)CC1. The van der Waals surface area contributed by atoms with E-state index in [0.29, 0.717) is 13.1 Å². The van der Waals surface area contributed by atoms with Crippen LogP contribution in [0, 0.1) is 6.92 Å². The molecule has 1 aliphatic rings. The summed E-state index contributed by atoms with van der Waals surface area (Å²) in [6.07, 6.45) is 6.26. The van der Waals surface area contributed by atoms with E-state index in [2.05, 4.69) is 21.4 Å². The van der Waals surface area contributed by atoms with E-state index in [1.165, 1.54) is 5.57 Å². The predicted molar refractivity (Wildman–Crippen MR) is 86.4 cm³/mol. The van der Waals surface area contributed by atoms with Crippen molar-refractivity contribution < 1.29 is 4.79 Å². The van der Waals surface area contributed by atoms with E-state index in [-0.39, 0.29) is 6.03 Å². The predicted octanol–water partition coefficient (Wildman–Crippen LogP) is 3.11. The Morgan fingerprint density at radius 1 is 1.27 bits per heavy atom. The first-order valence-electron chi connectivity index (χ1n) is 7.31. The molecule has 0 saturated carbocycles. The van der Waals surface area contributed by atoms with E-state index in [0.717, 1.165) is 23.4 Å². The summed E-state index contributed by atoms with van der Waals surface area (Å²) in [4.78, 5) is 22.4. The molecule has 1 N–H and O–H groups in total. The lowest BCUT2D eigenvalue weighted by Gasteiger charge is -2.26. The van der Waals surface area contributed by atoms with Gasteiger partial charge in [0.2, 0.25) is 0 Å². The van der Waals surface area contributed by atoms with Crippen LogP contribution in [0.25, 0.3) is 5.57 Å². The molecule has 1 aromatic carbocycles. The lowest BCUT2D eigenvalue weighted by molar-refractivity contribution is 0.217. The number of anilines is 1. The smallest absolute Gasteiger partial charge is 0.320 e. The third kappa shape index (κ3) is 3.14. The van der Waals surface area contributed by atoms with Crippen molar-refractivity contribution in [2.75, 3.05) is 18.4 Å². The van der Waals surface area contributed by atoms with Crippen LogP contribution in [-0.2, 0) is 0 Å². The van der Waals surface area contributed by atoms with Crippen LogP contribution in [0.3, 0.4) is 0 Å². The second-order valence-corrected chi connectivity index (χ2v) is 5.28. The molecule has 0 fully saturated rings. The Morgan fingerprint density at radius 2 is 2.09 bits per heavy atom. The summed E-state index contributed by atoms with van der Waals surface area (Å²) in [5, 5.41) is 2.91. The molecule has 2 heterocycles. The molecular weight excluding hydrogens is 276 g/mol. The summed E-state index contributed by atoms with van der Waals surface area (Å²) >= 11 is 0. The number of carbonyl (C=O) groups excluding carboxylic acids is 1. The zero-order chi connectivity index (χ0) is 15.4. The van der Waals surface area contributed by atoms with Gasteiger partial charge in [0.05, 0.1) is 5.69 Å². The molecule has 0 unspecified atom stereocenters. The first-order valence-corrected chi connectivity index (χ1v) is 7.31. The Bertz CT molecular complexity index is 697. The Kier molecular flexibility index (Phi) is 4.14. The molecule has 22 heavy (non-hydrogen) atoms. The van der Waals surface area contributed by atoms with Crippen molar-refractivity contribution in [1.29, 1.82) is 0 Å². The molecule has 2 aromatic rings. The fraction of sp³-hybridized carbons (Fsp3) is 0.235. The molecule has 112 valence electrons. The highest BCUT2D eigenvalue weighted by Gasteiger charge is 2.19. The largest absolute Gasteiger partial charge is 0.322 e. The topological polar surface area (TPSA) is 58.1 Å². The minimum Gasteiger partial charge on any atom is -0.320 e. The van der Waals surface area contributed by atoms with Crippen molar-refractivity contribution in [3.05, 3.63) is 60.2 Å². The molecule has 5 heteroatoms. The van der Waals surface area contributed by atoms with Crippen molar-refractivity contribution in [2.45, 2.75) is 13.3 Å². The molecule has 0 radical (unpaired) electrons. The lowest BCUT2D eigenvalue weighted by atomic mass is 10.0. The summed E-state index contributed by atoms with van der Waals surface area (Å²) in [7, 11) is 0. The summed E-state index contributed by atoms with van der Waals surface area (Å²) < 4.78 is 0. The highest BCUT2D eigenvalue weighted by molar-refractivity contribution is 5.90. The molecule has 0 bridgehead atoms. The number of urea groups is 1. The molecule has 1 aromatic heterocycles. The third-order valence-electron chi connectivity index (χ3n) is 3.72. The maximum absolute atomic E-state index is 12.2. The van der Waals surface area contributed by atoms with Gasteiger partial charge in [-0.25, -0.2) is 14.8 Å². The van der Waals surface area contributed by atoms with Crippen molar-refractivity contribution in [3.8, 4) is 0 Å². The van der Waals surface area contributed by atoms with Gasteiger partial charge in [0, 0.05) is 25.0 Å². The average molecular weight is 294 g/mol. The normalized spacial score (nSPS) is 14.4. The van der Waals surface area contributed by atoms with Gasteiger partial charge in [-0.2, -0.15) is 0 Å². The fourth-order valence-electron chi connectivity index (χ4n) is 2.53. The molecule has 2 amide bonds. The molecule has 0 saturated heterocycles. The molecule has 1 aliphatic heterocycles. The standard InChI is InChI=1S/C17H18N4O/c1-13-11-18-12-19-16(13)14-7-9-21(10-8-14)17(22)20-15-5-3-2-4-6-15/h2-7,11-12H,8-10H2,1H3,(H,20,22). The minimum absolute atomic E-state index is 0.0686. The van der Waals surface area contributed by atoms with E-state index in [4.69, 9.17) is 0 Å². The van der Waals surface area contributed by atoms with Gasteiger partial charge >= 0.3 is 6.03 Å². The summed E-state index contributed by atoms with van der Waals surface area (Å²) in [6.45, 7) is 3.29. The van der Waals surface area contributed by atoms with E-state index >= 15 is 0 Å². The van der Waals surface area contributed by atoms with Crippen LogP contribution < -0.4 is 5.32 Å². The number of para-hydroxylation sites is 1. The van der Waals surface area contributed by atoms with Crippen LogP contribution in [0.2, 0.25) is 0 Å². The highest BCUT2D eigenvalue weighted by Crippen LogP contribution is 2.23. The molecule has 0 aliphatic carbocycles. The molecule has 3 rings (SSSR count). The average Bonchev–Trinajstić information content (AvgIpc) is 2.56. The second-order valence-electron chi connectivity index (χ2n) is 5.28. The zero-order valence-electron chi connectivity index (χ0n) is 12.5. The molecular formula is C17H18N4O. The Labute approximate surface area is 129 Å². The minimum atomic E-state index is -0.0686. The van der Waals surface area contributed by atoms with Crippen LogP contribution >= 0.6 is 0 Å². The van der Waals surface area contributed by atoms with E-state index in [1.54, 1.807) is 11.2 Å². The van der Waals surface area contributed by atoms with Crippen LogP contribution in [0.5, 0.6) is 0 Å². The first kappa shape index (κ1) is 14.3. The van der Waals surface area contributed by atoms with Crippen molar-refractivity contribution in [3.63, 3.8) is 0 Å². The van der Waals surface area contributed by atoms with Gasteiger partial charge in [0.1, 0.15) is 6.33 Å². The number of nitrogens with zero attached hydrogens (tertiary/aromatic N) is 3. The van der Waals surface area contributed by atoms with Crippen LogP contribution in [0.4, 0.5) is 10.5 Å². The number of carbonyl (C=O) groups is 1. The van der Waals surface area contributed by atoms with Crippen LogP contribution in [-0.4, -0.2) is 34.0 Å². The quantitative estimate of drug-likeness (QED) is 0.926. The number of nitrogens with one attached hydrogen (secondary N) is 1. The van der Waals surface area contributed by atoms with E-state index in [9.17, 15) is 4.79 Å². The van der Waals surface area contributed by atoms with E-state index < -0.39 is 0 Å².